The Morgan fingerprint density at radius 1 is 1.14 bits per heavy atom. The van der Waals surface area contributed by atoms with Crippen LogP contribution in [0.1, 0.15) is 12.8 Å². The number of methoxy groups -OCH3 is 3. The van der Waals surface area contributed by atoms with Crippen LogP contribution in [0.5, 0.6) is 11.5 Å². The second-order valence-electron chi connectivity index (χ2n) is 7.88. The van der Waals surface area contributed by atoms with Gasteiger partial charge in [-0.05, 0) is 37.1 Å². The normalized spacial score (nSPS) is 17.3. The SMILES string of the molecule is COCCn1c(=NC(=O)C2CCCN2S(=O)(=O)c2ccc(Cl)cc2)sc2cc(OC)c(OC)cc21. The minimum absolute atomic E-state index is 0.0952. The number of hydrogen-bond acceptors (Lipinski definition) is 7. The summed E-state index contributed by atoms with van der Waals surface area (Å²) in [5.74, 6) is 0.614. The lowest BCUT2D eigenvalue weighted by atomic mass is 10.2. The zero-order valence-electron chi connectivity index (χ0n) is 19.6. The molecular formula is C23H26ClN3O6S2. The van der Waals surface area contributed by atoms with Crippen molar-refractivity contribution in [2.24, 2.45) is 4.99 Å². The Kier molecular flexibility index (Phi) is 7.82. The molecule has 1 atom stereocenters. The Labute approximate surface area is 212 Å². The van der Waals surface area contributed by atoms with Crippen LogP contribution in [0.2, 0.25) is 5.02 Å². The van der Waals surface area contributed by atoms with Crippen LogP contribution in [0.3, 0.4) is 0 Å². The molecule has 0 aliphatic carbocycles. The molecule has 0 radical (unpaired) electrons. The first-order chi connectivity index (χ1) is 16.8. The highest BCUT2D eigenvalue weighted by Gasteiger charge is 2.39. The van der Waals surface area contributed by atoms with Crippen LogP contribution >= 0.6 is 22.9 Å². The summed E-state index contributed by atoms with van der Waals surface area (Å²) in [5.41, 5.74) is 0.813. The average molecular weight is 540 g/mol. The van der Waals surface area contributed by atoms with Gasteiger partial charge in [0.2, 0.25) is 10.0 Å². The average Bonchev–Trinajstić information content (AvgIpc) is 3.47. The highest BCUT2D eigenvalue weighted by molar-refractivity contribution is 7.89. The summed E-state index contributed by atoms with van der Waals surface area (Å²) in [5, 5.41) is 0.437. The van der Waals surface area contributed by atoms with Gasteiger partial charge in [0.15, 0.2) is 16.3 Å². The van der Waals surface area contributed by atoms with E-state index in [2.05, 4.69) is 4.99 Å². The Hall–Kier alpha value is -2.44. The van der Waals surface area contributed by atoms with Gasteiger partial charge in [0, 0.05) is 37.4 Å². The molecule has 1 unspecified atom stereocenters. The molecule has 1 saturated heterocycles. The van der Waals surface area contributed by atoms with Gasteiger partial charge in [-0.2, -0.15) is 9.30 Å². The van der Waals surface area contributed by atoms with E-state index in [1.165, 1.54) is 39.9 Å². The predicted octanol–water partition coefficient (Wildman–Crippen LogP) is 3.30. The smallest absolute Gasteiger partial charge is 0.266 e. The zero-order chi connectivity index (χ0) is 25.2. The first kappa shape index (κ1) is 25.6. The lowest BCUT2D eigenvalue weighted by molar-refractivity contribution is -0.121. The van der Waals surface area contributed by atoms with Crippen LogP contribution in [0.4, 0.5) is 0 Å². The molecule has 1 fully saturated rings. The van der Waals surface area contributed by atoms with Crippen molar-refractivity contribution in [3.05, 3.63) is 46.2 Å². The molecule has 1 aromatic heterocycles. The minimum Gasteiger partial charge on any atom is -0.493 e. The number of rotatable bonds is 8. The van der Waals surface area contributed by atoms with Crippen LogP contribution in [0.15, 0.2) is 46.3 Å². The summed E-state index contributed by atoms with van der Waals surface area (Å²) in [6, 6.07) is 8.71. The number of ether oxygens (including phenoxy) is 3. The summed E-state index contributed by atoms with van der Waals surface area (Å²) >= 11 is 7.23. The number of thiazole rings is 1. The number of carbonyl (C=O) groups is 1. The van der Waals surface area contributed by atoms with Crippen LogP contribution in [0, 0.1) is 0 Å². The van der Waals surface area contributed by atoms with E-state index in [-0.39, 0.29) is 11.4 Å². The van der Waals surface area contributed by atoms with E-state index in [0.29, 0.717) is 47.3 Å². The topological polar surface area (TPSA) is 99.4 Å². The number of amides is 1. The molecule has 0 N–H and O–H groups in total. The van der Waals surface area contributed by atoms with Crippen molar-refractivity contribution in [2.45, 2.75) is 30.3 Å². The summed E-state index contributed by atoms with van der Waals surface area (Å²) in [6.07, 6.45) is 0.975. The van der Waals surface area contributed by atoms with E-state index < -0.39 is 22.0 Å². The van der Waals surface area contributed by atoms with Gasteiger partial charge in [-0.1, -0.05) is 22.9 Å². The van der Waals surface area contributed by atoms with Gasteiger partial charge in [0.05, 0.1) is 35.9 Å². The number of halogens is 1. The molecule has 4 rings (SSSR count). The quantitative estimate of drug-likeness (QED) is 0.435. The maximum Gasteiger partial charge on any atom is 0.266 e. The Morgan fingerprint density at radius 2 is 1.83 bits per heavy atom. The second-order valence-corrected chi connectivity index (χ2v) is 11.2. The number of aromatic nitrogens is 1. The molecule has 0 saturated carbocycles. The molecule has 3 aromatic rings. The third-order valence-electron chi connectivity index (χ3n) is 5.82. The Balaban J connectivity index is 1.75. The van der Waals surface area contributed by atoms with Crippen molar-refractivity contribution >= 4 is 49.1 Å². The fourth-order valence-corrected chi connectivity index (χ4v) is 6.91. The van der Waals surface area contributed by atoms with E-state index in [4.69, 9.17) is 25.8 Å². The number of sulfonamides is 1. The zero-order valence-corrected chi connectivity index (χ0v) is 22.0. The molecule has 1 amide bonds. The molecule has 0 spiro atoms. The molecule has 12 heteroatoms. The van der Waals surface area contributed by atoms with Gasteiger partial charge >= 0.3 is 0 Å². The van der Waals surface area contributed by atoms with Gasteiger partial charge in [-0.3, -0.25) is 4.79 Å². The van der Waals surface area contributed by atoms with Crippen molar-refractivity contribution in [2.75, 3.05) is 34.5 Å². The molecule has 2 aromatic carbocycles. The highest BCUT2D eigenvalue weighted by Crippen LogP contribution is 2.33. The van der Waals surface area contributed by atoms with Crippen LogP contribution in [-0.4, -0.2) is 63.7 Å². The van der Waals surface area contributed by atoms with E-state index in [9.17, 15) is 13.2 Å². The van der Waals surface area contributed by atoms with Crippen LogP contribution in [0.25, 0.3) is 10.2 Å². The molecule has 2 heterocycles. The van der Waals surface area contributed by atoms with Crippen molar-refractivity contribution in [1.82, 2.24) is 8.87 Å². The van der Waals surface area contributed by atoms with E-state index in [0.717, 1.165) is 10.2 Å². The number of fused-ring (bicyclic) bond motifs is 1. The molecular weight excluding hydrogens is 514 g/mol. The van der Waals surface area contributed by atoms with Crippen LogP contribution < -0.4 is 14.3 Å². The number of nitrogens with zero attached hydrogens (tertiary/aromatic N) is 3. The van der Waals surface area contributed by atoms with Crippen molar-refractivity contribution in [3.63, 3.8) is 0 Å². The van der Waals surface area contributed by atoms with E-state index in [1.54, 1.807) is 21.3 Å². The lowest BCUT2D eigenvalue weighted by Gasteiger charge is -2.21. The van der Waals surface area contributed by atoms with Crippen molar-refractivity contribution in [1.29, 1.82) is 0 Å². The van der Waals surface area contributed by atoms with Gasteiger partial charge < -0.3 is 18.8 Å². The van der Waals surface area contributed by atoms with Crippen molar-refractivity contribution in [3.8, 4) is 11.5 Å². The monoisotopic (exact) mass is 539 g/mol. The lowest BCUT2D eigenvalue weighted by Crippen LogP contribution is -2.40. The molecule has 9 nitrogen and oxygen atoms in total. The summed E-state index contributed by atoms with van der Waals surface area (Å²) < 4.78 is 46.5. The first-order valence-electron chi connectivity index (χ1n) is 10.9. The van der Waals surface area contributed by atoms with Crippen molar-refractivity contribution < 1.29 is 27.4 Å². The maximum absolute atomic E-state index is 13.3. The van der Waals surface area contributed by atoms with Gasteiger partial charge in [0.1, 0.15) is 6.04 Å². The summed E-state index contributed by atoms with van der Waals surface area (Å²) in [4.78, 5) is 18.3. The maximum atomic E-state index is 13.3. The Morgan fingerprint density at radius 3 is 2.49 bits per heavy atom. The second kappa shape index (κ2) is 10.7. The predicted molar refractivity (Wildman–Crippen MR) is 134 cm³/mol. The molecule has 188 valence electrons. The summed E-state index contributed by atoms with van der Waals surface area (Å²) in [7, 11) is 0.837. The summed E-state index contributed by atoms with van der Waals surface area (Å²) in [6.45, 7) is 1.11. The Bertz CT molecular complexity index is 1400. The third-order valence-corrected chi connectivity index (χ3v) is 9.04. The number of benzene rings is 2. The molecule has 0 bridgehead atoms. The standard InChI is InChI=1S/C23H26ClN3O6S2/c1-31-12-11-26-18-13-19(32-2)20(33-3)14-21(18)34-23(26)25-22(28)17-5-4-10-27(17)35(29,30)16-8-6-15(24)7-9-16/h6-9,13-14,17H,4-5,10-12H2,1-3H3. The molecule has 1 aliphatic rings. The van der Waals surface area contributed by atoms with E-state index >= 15 is 0 Å². The highest BCUT2D eigenvalue weighted by atomic mass is 35.5. The number of hydrogen-bond donors (Lipinski definition) is 0. The minimum atomic E-state index is -3.87. The molecule has 1 aliphatic heterocycles. The largest absolute Gasteiger partial charge is 0.493 e. The molecule has 35 heavy (non-hydrogen) atoms. The van der Waals surface area contributed by atoms with Gasteiger partial charge in [-0.15, -0.1) is 0 Å². The fraction of sp³-hybridized carbons (Fsp3) is 0.391. The van der Waals surface area contributed by atoms with Gasteiger partial charge in [-0.25, -0.2) is 8.42 Å². The van der Waals surface area contributed by atoms with Gasteiger partial charge in [0.25, 0.3) is 5.91 Å². The fourth-order valence-electron chi connectivity index (χ4n) is 4.07. The third kappa shape index (κ3) is 5.10. The van der Waals surface area contributed by atoms with Crippen LogP contribution in [-0.2, 0) is 26.1 Å². The first-order valence-corrected chi connectivity index (χ1v) is 13.5. The van der Waals surface area contributed by atoms with E-state index in [1.807, 2.05) is 16.7 Å². The number of carbonyl (C=O) groups excluding carboxylic acids is 1.